The summed E-state index contributed by atoms with van der Waals surface area (Å²) in [4.78, 5) is 26.1. The molecule has 0 saturated carbocycles. The third-order valence-electron chi connectivity index (χ3n) is 4.69. The topological polar surface area (TPSA) is 92.3 Å². The Hall–Kier alpha value is -3.11. The zero-order valence-electron chi connectivity index (χ0n) is 14.6. The van der Waals surface area contributed by atoms with Crippen LogP contribution in [0.25, 0.3) is 11.0 Å². The first kappa shape index (κ1) is 17.3. The lowest BCUT2D eigenvalue weighted by Gasteiger charge is -2.09. The molecule has 1 aromatic carbocycles. The lowest BCUT2D eigenvalue weighted by Crippen LogP contribution is -2.20. The zero-order chi connectivity index (χ0) is 19.0. The molecule has 2 heterocycles. The number of benzene rings is 1. The number of rotatable bonds is 3. The summed E-state index contributed by atoms with van der Waals surface area (Å²) < 4.78 is 10.4. The molecule has 1 amide bonds. The van der Waals surface area contributed by atoms with E-state index in [0.29, 0.717) is 27.3 Å². The minimum absolute atomic E-state index is 0.106. The van der Waals surface area contributed by atoms with E-state index >= 15 is 0 Å². The molecule has 0 bridgehead atoms. The van der Waals surface area contributed by atoms with Crippen LogP contribution < -0.4 is 15.7 Å². The van der Waals surface area contributed by atoms with E-state index in [2.05, 4.69) is 11.4 Å². The van der Waals surface area contributed by atoms with Crippen LogP contribution >= 0.6 is 11.3 Å². The monoisotopic (exact) mass is 380 g/mol. The van der Waals surface area contributed by atoms with Gasteiger partial charge in [0, 0.05) is 10.3 Å². The summed E-state index contributed by atoms with van der Waals surface area (Å²) in [5, 5.41) is 13.3. The first-order valence-corrected chi connectivity index (χ1v) is 9.40. The number of hydrogen-bond donors (Lipinski definition) is 1. The highest BCUT2D eigenvalue weighted by Crippen LogP contribution is 2.37. The Balaban J connectivity index is 1.71. The predicted molar refractivity (Wildman–Crippen MR) is 103 cm³/mol. The first-order valence-electron chi connectivity index (χ1n) is 8.58. The van der Waals surface area contributed by atoms with Gasteiger partial charge in [-0.1, -0.05) is 0 Å². The molecule has 0 aliphatic heterocycles. The molecule has 1 aliphatic carbocycles. The molecule has 6 nitrogen and oxygen atoms in total. The Morgan fingerprint density at radius 2 is 2.11 bits per heavy atom. The fourth-order valence-electron chi connectivity index (χ4n) is 3.33. The van der Waals surface area contributed by atoms with E-state index in [1.165, 1.54) is 24.5 Å². The van der Waals surface area contributed by atoms with Gasteiger partial charge in [-0.3, -0.25) is 4.79 Å². The minimum atomic E-state index is -0.718. The normalized spacial score (nSPS) is 13.0. The van der Waals surface area contributed by atoms with Gasteiger partial charge in [-0.25, -0.2) is 4.79 Å². The summed E-state index contributed by atoms with van der Waals surface area (Å²) in [6.07, 6.45) is 3.90. The van der Waals surface area contributed by atoms with E-state index in [1.54, 1.807) is 18.2 Å². The number of thiophene rings is 1. The van der Waals surface area contributed by atoms with Crippen molar-refractivity contribution >= 4 is 33.2 Å². The number of anilines is 1. The van der Waals surface area contributed by atoms with Gasteiger partial charge in [0.05, 0.1) is 12.7 Å². The Morgan fingerprint density at radius 3 is 2.89 bits per heavy atom. The molecule has 136 valence electrons. The number of carbonyl (C=O) groups excluding carboxylic acids is 1. The van der Waals surface area contributed by atoms with Crippen LogP contribution in [-0.4, -0.2) is 13.0 Å². The fraction of sp³-hybridized carbons (Fsp3) is 0.250. The lowest BCUT2D eigenvalue weighted by atomic mass is 9.96. The van der Waals surface area contributed by atoms with Crippen molar-refractivity contribution in [1.82, 2.24) is 0 Å². The molecule has 0 atom stereocenters. The number of ether oxygens (including phenoxy) is 1. The van der Waals surface area contributed by atoms with Gasteiger partial charge in [0.15, 0.2) is 0 Å². The van der Waals surface area contributed by atoms with Crippen LogP contribution in [-0.2, 0) is 12.8 Å². The molecule has 0 fully saturated rings. The molecule has 27 heavy (non-hydrogen) atoms. The standard InChI is InChI=1S/C20H16N2O4S/c1-25-12-6-7-16-11(8-12)9-14(20(24)26-16)18(23)22-19-15(10-21)13-4-2-3-5-17(13)27-19/h6-9H,2-5H2,1H3,(H,22,23). The van der Waals surface area contributed by atoms with Gasteiger partial charge in [0.1, 0.15) is 28.0 Å². The van der Waals surface area contributed by atoms with Crippen LogP contribution in [0.1, 0.15) is 39.2 Å². The SMILES string of the molecule is COc1ccc2oc(=O)c(C(=O)Nc3sc4c(c3C#N)CCCC4)cc2c1. The quantitative estimate of drug-likeness (QED) is 0.697. The van der Waals surface area contributed by atoms with Crippen LogP contribution in [0.3, 0.4) is 0 Å². The Bertz CT molecular complexity index is 1150. The number of fused-ring (bicyclic) bond motifs is 2. The summed E-state index contributed by atoms with van der Waals surface area (Å²) in [6.45, 7) is 0. The average Bonchev–Trinajstić information content (AvgIpc) is 3.03. The van der Waals surface area contributed by atoms with Crippen LogP contribution in [0, 0.1) is 11.3 Å². The summed E-state index contributed by atoms with van der Waals surface area (Å²) in [7, 11) is 1.54. The van der Waals surface area contributed by atoms with Gasteiger partial charge >= 0.3 is 5.63 Å². The van der Waals surface area contributed by atoms with Crippen molar-refractivity contribution in [1.29, 1.82) is 5.26 Å². The second kappa shape index (κ2) is 6.89. The zero-order valence-corrected chi connectivity index (χ0v) is 15.4. The third kappa shape index (κ3) is 3.09. The van der Waals surface area contributed by atoms with Crippen molar-refractivity contribution in [2.45, 2.75) is 25.7 Å². The maximum atomic E-state index is 12.7. The number of aryl methyl sites for hydroxylation is 1. The van der Waals surface area contributed by atoms with Crippen LogP contribution in [0.5, 0.6) is 5.75 Å². The van der Waals surface area contributed by atoms with E-state index in [4.69, 9.17) is 9.15 Å². The highest BCUT2D eigenvalue weighted by Gasteiger charge is 2.23. The molecule has 0 saturated heterocycles. The molecule has 1 N–H and O–H groups in total. The molecule has 3 aromatic rings. The second-order valence-electron chi connectivity index (χ2n) is 6.33. The highest BCUT2D eigenvalue weighted by molar-refractivity contribution is 7.16. The average molecular weight is 380 g/mol. The number of carbonyl (C=O) groups is 1. The largest absolute Gasteiger partial charge is 0.497 e. The number of nitrogens with one attached hydrogen (secondary N) is 1. The predicted octanol–water partition coefficient (Wildman–Crippen LogP) is 3.87. The van der Waals surface area contributed by atoms with Crippen molar-refractivity contribution in [3.63, 3.8) is 0 Å². The van der Waals surface area contributed by atoms with Crippen molar-refractivity contribution in [3.8, 4) is 11.8 Å². The maximum absolute atomic E-state index is 12.7. The van der Waals surface area contributed by atoms with E-state index in [0.717, 1.165) is 36.1 Å². The third-order valence-corrected chi connectivity index (χ3v) is 5.90. The molecule has 4 rings (SSSR count). The van der Waals surface area contributed by atoms with Crippen LogP contribution in [0.2, 0.25) is 0 Å². The van der Waals surface area contributed by atoms with Gasteiger partial charge in [0.25, 0.3) is 5.91 Å². The Morgan fingerprint density at radius 1 is 1.30 bits per heavy atom. The molecule has 0 radical (unpaired) electrons. The van der Waals surface area contributed by atoms with Crippen molar-refractivity contribution in [2.24, 2.45) is 0 Å². The van der Waals surface area contributed by atoms with Gasteiger partial charge in [0.2, 0.25) is 0 Å². The highest BCUT2D eigenvalue weighted by atomic mass is 32.1. The number of hydrogen-bond acceptors (Lipinski definition) is 6. The van der Waals surface area contributed by atoms with E-state index < -0.39 is 11.5 Å². The molecule has 1 aliphatic rings. The second-order valence-corrected chi connectivity index (χ2v) is 7.44. The van der Waals surface area contributed by atoms with Crippen molar-refractivity contribution < 1.29 is 13.9 Å². The smallest absolute Gasteiger partial charge is 0.349 e. The maximum Gasteiger partial charge on any atom is 0.349 e. The van der Waals surface area contributed by atoms with E-state index in [9.17, 15) is 14.9 Å². The number of nitrogens with zero attached hydrogens (tertiary/aromatic N) is 1. The first-order chi connectivity index (χ1) is 13.1. The Kier molecular flexibility index (Phi) is 4.42. The lowest BCUT2D eigenvalue weighted by molar-refractivity contribution is 0.102. The summed E-state index contributed by atoms with van der Waals surface area (Å²) in [5.41, 5.74) is 1.09. The number of nitriles is 1. The molecule has 0 spiro atoms. The van der Waals surface area contributed by atoms with Crippen LogP contribution in [0.4, 0.5) is 5.00 Å². The summed E-state index contributed by atoms with van der Waals surface area (Å²) in [5.74, 6) is 0.0176. The summed E-state index contributed by atoms with van der Waals surface area (Å²) in [6, 6.07) is 8.68. The summed E-state index contributed by atoms with van der Waals surface area (Å²) >= 11 is 1.42. The van der Waals surface area contributed by atoms with E-state index in [1.807, 2.05) is 0 Å². The van der Waals surface area contributed by atoms with Crippen molar-refractivity contribution in [3.05, 3.63) is 56.3 Å². The molecular formula is C20H16N2O4S. The van der Waals surface area contributed by atoms with E-state index in [-0.39, 0.29) is 5.56 Å². The van der Waals surface area contributed by atoms with Gasteiger partial charge in [-0.15, -0.1) is 11.3 Å². The van der Waals surface area contributed by atoms with Crippen LogP contribution in [0.15, 0.2) is 33.5 Å². The van der Waals surface area contributed by atoms with Gasteiger partial charge in [-0.05, 0) is 55.5 Å². The minimum Gasteiger partial charge on any atom is -0.497 e. The van der Waals surface area contributed by atoms with Crippen molar-refractivity contribution in [2.75, 3.05) is 12.4 Å². The molecule has 2 aromatic heterocycles. The molecule has 0 unspecified atom stereocenters. The fourth-order valence-corrected chi connectivity index (χ4v) is 4.56. The van der Waals surface area contributed by atoms with Gasteiger partial charge in [-0.2, -0.15) is 5.26 Å². The molecular weight excluding hydrogens is 364 g/mol. The Labute approximate surface area is 159 Å². The number of methoxy groups -OCH3 is 1. The van der Waals surface area contributed by atoms with Gasteiger partial charge < -0.3 is 14.5 Å². The number of amides is 1. The molecule has 7 heteroatoms.